The smallest absolute Gasteiger partial charge is 0.0459 e. The van der Waals surface area contributed by atoms with Crippen molar-refractivity contribution in [3.63, 3.8) is 0 Å². The number of unbranched alkanes of at least 4 members (excludes halogenated alkanes) is 9. The van der Waals surface area contributed by atoms with Crippen LogP contribution in [0.15, 0.2) is 0 Å². The Kier molecular flexibility index (Phi) is 15.0. The van der Waals surface area contributed by atoms with E-state index in [0.29, 0.717) is 12.5 Å². The minimum Gasteiger partial charge on any atom is -0.396 e. The van der Waals surface area contributed by atoms with Crippen molar-refractivity contribution in [2.24, 2.45) is 5.92 Å². The van der Waals surface area contributed by atoms with Crippen LogP contribution >= 0.6 is 0 Å². The Morgan fingerprint density at radius 1 is 0.611 bits per heavy atom. The molecule has 0 spiro atoms. The molecule has 0 aliphatic heterocycles. The zero-order chi connectivity index (χ0) is 13.5. The first-order valence-corrected chi connectivity index (χ1v) is 8.46. The van der Waals surface area contributed by atoms with Gasteiger partial charge in [-0.3, -0.25) is 0 Å². The SMILES string of the molecule is CCCCCCCCCCCCC(CO)CCC. The Morgan fingerprint density at radius 3 is 1.56 bits per heavy atom. The molecule has 0 aromatic heterocycles. The molecule has 1 atom stereocenters. The fourth-order valence-electron chi connectivity index (χ4n) is 2.66. The molecule has 0 aromatic carbocycles. The third kappa shape index (κ3) is 12.4. The van der Waals surface area contributed by atoms with Crippen LogP contribution in [0, 0.1) is 5.92 Å². The van der Waals surface area contributed by atoms with Crippen LogP contribution in [-0.4, -0.2) is 11.7 Å². The van der Waals surface area contributed by atoms with E-state index in [9.17, 15) is 5.11 Å². The minimum atomic E-state index is 0.394. The molecule has 0 saturated carbocycles. The van der Waals surface area contributed by atoms with Crippen molar-refractivity contribution < 1.29 is 5.11 Å². The Morgan fingerprint density at radius 2 is 1.11 bits per heavy atom. The van der Waals surface area contributed by atoms with Crippen molar-refractivity contribution in [2.75, 3.05) is 6.61 Å². The van der Waals surface area contributed by atoms with Gasteiger partial charge in [-0.15, -0.1) is 0 Å². The molecule has 110 valence electrons. The van der Waals surface area contributed by atoms with E-state index in [2.05, 4.69) is 13.8 Å². The number of aliphatic hydroxyl groups is 1. The van der Waals surface area contributed by atoms with Crippen LogP contribution in [0.4, 0.5) is 0 Å². The summed E-state index contributed by atoms with van der Waals surface area (Å²) in [6, 6.07) is 0. The summed E-state index contributed by atoms with van der Waals surface area (Å²) in [5.74, 6) is 0.573. The van der Waals surface area contributed by atoms with E-state index in [1.54, 1.807) is 0 Å². The largest absolute Gasteiger partial charge is 0.396 e. The second-order valence-corrected chi connectivity index (χ2v) is 5.81. The summed E-state index contributed by atoms with van der Waals surface area (Å²) in [7, 11) is 0. The van der Waals surface area contributed by atoms with Gasteiger partial charge in [0.25, 0.3) is 0 Å². The molecule has 18 heavy (non-hydrogen) atoms. The van der Waals surface area contributed by atoms with Gasteiger partial charge in [0.2, 0.25) is 0 Å². The van der Waals surface area contributed by atoms with E-state index in [0.717, 1.165) is 0 Å². The zero-order valence-corrected chi connectivity index (χ0v) is 12.9. The maximum Gasteiger partial charge on any atom is 0.0459 e. The molecule has 0 aliphatic carbocycles. The lowest BCUT2D eigenvalue weighted by molar-refractivity contribution is 0.206. The minimum absolute atomic E-state index is 0.394. The van der Waals surface area contributed by atoms with Gasteiger partial charge in [-0.2, -0.15) is 0 Å². The summed E-state index contributed by atoms with van der Waals surface area (Å²) in [5.41, 5.74) is 0. The van der Waals surface area contributed by atoms with Gasteiger partial charge in [0.1, 0.15) is 0 Å². The highest BCUT2D eigenvalue weighted by molar-refractivity contribution is 4.57. The highest BCUT2D eigenvalue weighted by atomic mass is 16.3. The molecule has 0 aromatic rings. The fourth-order valence-corrected chi connectivity index (χ4v) is 2.66. The topological polar surface area (TPSA) is 20.2 Å². The molecule has 0 bridgehead atoms. The maximum atomic E-state index is 9.20. The number of aliphatic hydroxyl groups excluding tert-OH is 1. The number of rotatable bonds is 14. The quantitative estimate of drug-likeness (QED) is 0.395. The molecule has 0 amide bonds. The van der Waals surface area contributed by atoms with Crippen LogP contribution in [0.5, 0.6) is 0 Å². The van der Waals surface area contributed by atoms with E-state index in [4.69, 9.17) is 0 Å². The molecule has 0 rings (SSSR count). The van der Waals surface area contributed by atoms with Crippen molar-refractivity contribution in [2.45, 2.75) is 97.3 Å². The van der Waals surface area contributed by atoms with Crippen LogP contribution in [0.3, 0.4) is 0 Å². The fraction of sp³-hybridized carbons (Fsp3) is 1.00. The summed E-state index contributed by atoms with van der Waals surface area (Å²) in [5, 5.41) is 9.20. The summed E-state index contributed by atoms with van der Waals surface area (Å²) in [6.07, 6.45) is 17.7. The molecule has 0 heterocycles. The van der Waals surface area contributed by atoms with Crippen LogP contribution in [0.25, 0.3) is 0 Å². The molecule has 0 fully saturated rings. The second-order valence-electron chi connectivity index (χ2n) is 5.81. The lowest BCUT2D eigenvalue weighted by Crippen LogP contribution is -2.05. The van der Waals surface area contributed by atoms with Crippen molar-refractivity contribution in [1.29, 1.82) is 0 Å². The van der Waals surface area contributed by atoms with E-state index >= 15 is 0 Å². The van der Waals surface area contributed by atoms with Gasteiger partial charge in [0.05, 0.1) is 0 Å². The first-order chi connectivity index (χ1) is 8.85. The molecule has 1 N–H and O–H groups in total. The Labute approximate surface area is 115 Å². The molecular formula is C17H36O. The zero-order valence-electron chi connectivity index (χ0n) is 12.9. The van der Waals surface area contributed by atoms with Crippen LogP contribution in [0.2, 0.25) is 0 Å². The van der Waals surface area contributed by atoms with Gasteiger partial charge < -0.3 is 5.11 Å². The highest BCUT2D eigenvalue weighted by Crippen LogP contribution is 2.16. The van der Waals surface area contributed by atoms with Gasteiger partial charge in [-0.1, -0.05) is 84.5 Å². The summed E-state index contributed by atoms with van der Waals surface area (Å²) >= 11 is 0. The van der Waals surface area contributed by atoms with Gasteiger partial charge in [-0.25, -0.2) is 0 Å². The first-order valence-electron chi connectivity index (χ1n) is 8.46. The van der Waals surface area contributed by atoms with Gasteiger partial charge in [-0.05, 0) is 18.8 Å². The van der Waals surface area contributed by atoms with Gasteiger partial charge in [0, 0.05) is 6.61 Å². The molecule has 0 aliphatic rings. The van der Waals surface area contributed by atoms with E-state index in [1.165, 1.54) is 83.5 Å². The van der Waals surface area contributed by atoms with Crippen molar-refractivity contribution >= 4 is 0 Å². The van der Waals surface area contributed by atoms with Crippen molar-refractivity contribution in [1.82, 2.24) is 0 Å². The predicted octanol–water partition coefficient (Wildman–Crippen LogP) is 5.71. The second kappa shape index (κ2) is 15.0. The van der Waals surface area contributed by atoms with E-state index in [1.807, 2.05) is 0 Å². The standard InChI is InChI=1S/C17H36O/c1-3-5-6-7-8-9-10-11-12-13-15-17(16-18)14-4-2/h17-18H,3-16H2,1-2H3. The third-order valence-electron chi connectivity index (χ3n) is 3.92. The van der Waals surface area contributed by atoms with Gasteiger partial charge >= 0.3 is 0 Å². The Balaban J connectivity index is 3.10. The molecular weight excluding hydrogens is 220 g/mol. The summed E-state index contributed by atoms with van der Waals surface area (Å²) < 4.78 is 0. The monoisotopic (exact) mass is 256 g/mol. The Bertz CT molecular complexity index is 145. The van der Waals surface area contributed by atoms with Crippen LogP contribution in [-0.2, 0) is 0 Å². The Hall–Kier alpha value is -0.0400. The number of hydrogen-bond acceptors (Lipinski definition) is 1. The van der Waals surface area contributed by atoms with Gasteiger partial charge in [0.15, 0.2) is 0 Å². The molecule has 0 radical (unpaired) electrons. The lowest BCUT2D eigenvalue weighted by Gasteiger charge is -2.12. The molecule has 1 unspecified atom stereocenters. The van der Waals surface area contributed by atoms with Crippen molar-refractivity contribution in [3.05, 3.63) is 0 Å². The van der Waals surface area contributed by atoms with Crippen LogP contribution < -0.4 is 0 Å². The average Bonchev–Trinajstić information content (AvgIpc) is 2.39. The molecule has 1 heteroatoms. The first kappa shape index (κ1) is 18.0. The third-order valence-corrected chi connectivity index (χ3v) is 3.92. The van der Waals surface area contributed by atoms with E-state index < -0.39 is 0 Å². The summed E-state index contributed by atoms with van der Waals surface area (Å²) in [4.78, 5) is 0. The number of hydrogen-bond donors (Lipinski definition) is 1. The summed E-state index contributed by atoms with van der Waals surface area (Å²) in [6.45, 7) is 4.88. The van der Waals surface area contributed by atoms with Crippen LogP contribution in [0.1, 0.15) is 97.3 Å². The average molecular weight is 256 g/mol. The highest BCUT2D eigenvalue weighted by Gasteiger charge is 2.05. The van der Waals surface area contributed by atoms with E-state index in [-0.39, 0.29) is 0 Å². The lowest BCUT2D eigenvalue weighted by atomic mass is 9.97. The molecule has 1 nitrogen and oxygen atoms in total. The predicted molar refractivity (Wildman–Crippen MR) is 81.9 cm³/mol. The normalized spacial score (nSPS) is 12.8. The maximum absolute atomic E-state index is 9.20. The van der Waals surface area contributed by atoms with Crippen molar-refractivity contribution in [3.8, 4) is 0 Å². The molecule has 0 saturated heterocycles.